The zero-order valence-corrected chi connectivity index (χ0v) is 26.0. The van der Waals surface area contributed by atoms with E-state index in [2.05, 4.69) is 62.0 Å². The highest BCUT2D eigenvalue weighted by molar-refractivity contribution is 7.99. The third-order valence-corrected chi connectivity index (χ3v) is 6.76. The van der Waals surface area contributed by atoms with Gasteiger partial charge in [-0.25, -0.2) is 10.6 Å². The lowest BCUT2D eigenvalue weighted by Gasteiger charge is -2.25. The highest BCUT2D eigenvalue weighted by Crippen LogP contribution is 2.17. The summed E-state index contributed by atoms with van der Waals surface area (Å²) in [7, 11) is 0. The van der Waals surface area contributed by atoms with E-state index in [-0.39, 0.29) is 0 Å². The van der Waals surface area contributed by atoms with E-state index in [9.17, 15) is 14.4 Å². The van der Waals surface area contributed by atoms with E-state index in [1.165, 1.54) is 28.5 Å². The molecule has 1 rings (SSSR count). The van der Waals surface area contributed by atoms with Crippen LogP contribution in [0.25, 0.3) is 0 Å². The zero-order chi connectivity index (χ0) is 30.1. The van der Waals surface area contributed by atoms with Crippen molar-refractivity contribution < 1.29 is 19.1 Å². The van der Waals surface area contributed by atoms with E-state index in [0.717, 1.165) is 25.7 Å². The van der Waals surface area contributed by atoms with Crippen LogP contribution in [0.3, 0.4) is 0 Å². The molecule has 5 N–H and O–H groups in total. The number of thioether (sulfide) groups is 1. The van der Waals surface area contributed by atoms with Crippen LogP contribution in [0.1, 0.15) is 85.8 Å². The smallest absolute Gasteiger partial charge is 0.408 e. The number of carbonyl (C=O) groups is 3. The number of hydrazine groups is 1. The van der Waals surface area contributed by atoms with Gasteiger partial charge in [0, 0.05) is 11.5 Å². The fourth-order valence-electron chi connectivity index (χ4n) is 3.64. The number of hydrogen-bond acceptors (Lipinski definition) is 6. The van der Waals surface area contributed by atoms with Gasteiger partial charge in [-0.1, -0.05) is 65.3 Å². The van der Waals surface area contributed by atoms with Gasteiger partial charge in [0.05, 0.1) is 0 Å². The van der Waals surface area contributed by atoms with Gasteiger partial charge >= 0.3 is 6.09 Å². The van der Waals surface area contributed by atoms with Crippen LogP contribution >= 0.6 is 11.8 Å². The number of amides is 3. The lowest BCUT2D eigenvalue weighted by molar-refractivity contribution is -0.129. The largest absolute Gasteiger partial charge is 0.444 e. The Balaban J connectivity index is 2.73. The Hall–Kier alpha value is -3.04. The van der Waals surface area contributed by atoms with Crippen molar-refractivity contribution in [3.8, 4) is 0 Å². The molecule has 0 aliphatic heterocycles. The van der Waals surface area contributed by atoms with E-state index in [1.54, 1.807) is 45.0 Å². The minimum absolute atomic E-state index is 0.315. The summed E-state index contributed by atoms with van der Waals surface area (Å²) < 4.78 is 5.34. The molecule has 0 radical (unpaired) electrons. The standard InChI is InChI=1S/C31H48N4O4S/c1-22(2)13-11-14-23(3)15-12-16-24(4)19-20-40-21-26(28(36)35-32)33-29(37)27(25-17-9-8-10-18-25)34-30(38)39-31(5,6)7/h8-10,13,15,17-19,26-27H,11-12,14,16,20-21,32H2,1-7H3,(H,33,37)(H,34,38)(H,35,36)/b23-15+,24-19+/t26-,27?/m0/s1. The summed E-state index contributed by atoms with van der Waals surface area (Å²) in [5, 5.41) is 5.36. The van der Waals surface area contributed by atoms with Crippen LogP contribution in [0.2, 0.25) is 0 Å². The van der Waals surface area contributed by atoms with E-state index in [4.69, 9.17) is 10.6 Å². The van der Waals surface area contributed by atoms with Crippen LogP contribution in [0.5, 0.6) is 0 Å². The first-order valence-electron chi connectivity index (χ1n) is 13.7. The molecule has 0 heterocycles. The van der Waals surface area contributed by atoms with Gasteiger partial charge < -0.3 is 15.4 Å². The van der Waals surface area contributed by atoms with E-state index >= 15 is 0 Å². The number of benzene rings is 1. The Morgan fingerprint density at radius 1 is 0.900 bits per heavy atom. The molecule has 3 amide bonds. The Labute approximate surface area is 244 Å². The van der Waals surface area contributed by atoms with E-state index in [1.807, 2.05) is 6.07 Å². The molecular formula is C31H48N4O4S. The molecule has 0 saturated heterocycles. The van der Waals surface area contributed by atoms with Crippen LogP contribution in [0, 0.1) is 0 Å². The fraction of sp³-hybridized carbons (Fsp3) is 0.516. The molecule has 0 spiro atoms. The topological polar surface area (TPSA) is 123 Å². The van der Waals surface area contributed by atoms with Gasteiger partial charge in [0.25, 0.3) is 5.91 Å². The minimum Gasteiger partial charge on any atom is -0.444 e. The molecule has 40 heavy (non-hydrogen) atoms. The maximum absolute atomic E-state index is 13.3. The van der Waals surface area contributed by atoms with Gasteiger partial charge in [-0.2, -0.15) is 11.8 Å². The Kier molecular flexibility index (Phi) is 16.0. The van der Waals surface area contributed by atoms with Gasteiger partial charge in [-0.3, -0.25) is 15.0 Å². The highest BCUT2D eigenvalue weighted by atomic mass is 32.2. The number of allylic oxidation sites excluding steroid dienone is 5. The first-order chi connectivity index (χ1) is 18.8. The van der Waals surface area contributed by atoms with Crippen molar-refractivity contribution in [1.82, 2.24) is 16.1 Å². The number of alkyl carbamates (subject to hydrolysis) is 1. The molecule has 1 aromatic carbocycles. The fourth-order valence-corrected chi connectivity index (χ4v) is 4.64. The first-order valence-corrected chi connectivity index (χ1v) is 14.9. The Bertz CT molecular complexity index is 1040. The summed E-state index contributed by atoms with van der Waals surface area (Å²) in [5.74, 6) is 5.35. The zero-order valence-electron chi connectivity index (χ0n) is 25.1. The van der Waals surface area contributed by atoms with Gasteiger partial charge in [-0.05, 0) is 79.7 Å². The van der Waals surface area contributed by atoms with Gasteiger partial charge in [0.15, 0.2) is 0 Å². The van der Waals surface area contributed by atoms with Crippen molar-refractivity contribution in [2.75, 3.05) is 11.5 Å². The maximum atomic E-state index is 13.3. The SMILES string of the molecule is CC(C)=CCC/C(C)=C/CC/C(C)=C/CSC[C@H](NC(=O)C(NC(=O)OC(C)(C)C)c1ccccc1)C(=O)NN. The second-order valence-corrected chi connectivity index (χ2v) is 12.1. The average molecular weight is 573 g/mol. The minimum atomic E-state index is -1.05. The number of hydrogen-bond donors (Lipinski definition) is 4. The normalized spacial score (nSPS) is 13.6. The third-order valence-electron chi connectivity index (χ3n) is 5.79. The molecule has 8 nitrogen and oxygen atoms in total. The summed E-state index contributed by atoms with van der Waals surface area (Å²) in [6.07, 6.45) is 10.1. The van der Waals surface area contributed by atoms with Gasteiger partial charge in [0.2, 0.25) is 5.91 Å². The molecule has 2 atom stereocenters. The average Bonchev–Trinajstić information content (AvgIpc) is 2.87. The third kappa shape index (κ3) is 15.5. The van der Waals surface area contributed by atoms with Crippen molar-refractivity contribution in [3.05, 3.63) is 70.8 Å². The number of nitrogens with one attached hydrogen (secondary N) is 3. The molecule has 0 aliphatic carbocycles. The Morgan fingerprint density at radius 3 is 2.08 bits per heavy atom. The second kappa shape index (κ2) is 18.3. The lowest BCUT2D eigenvalue weighted by Crippen LogP contribution is -2.53. The number of rotatable bonds is 15. The van der Waals surface area contributed by atoms with Crippen molar-refractivity contribution in [3.63, 3.8) is 0 Å². The number of ether oxygens (including phenoxy) is 1. The highest BCUT2D eigenvalue weighted by Gasteiger charge is 2.29. The predicted octanol–water partition coefficient (Wildman–Crippen LogP) is 5.88. The lowest BCUT2D eigenvalue weighted by atomic mass is 10.1. The summed E-state index contributed by atoms with van der Waals surface area (Å²) in [6, 6.07) is 6.87. The van der Waals surface area contributed by atoms with Crippen LogP contribution < -0.4 is 21.9 Å². The Morgan fingerprint density at radius 2 is 1.50 bits per heavy atom. The molecule has 0 aliphatic rings. The molecular weight excluding hydrogens is 524 g/mol. The quantitative estimate of drug-likeness (QED) is 0.0684. The summed E-state index contributed by atoms with van der Waals surface area (Å²) in [5.41, 5.74) is 5.98. The molecule has 0 saturated carbocycles. The summed E-state index contributed by atoms with van der Waals surface area (Å²) in [4.78, 5) is 38.2. The molecule has 0 bridgehead atoms. The van der Waals surface area contributed by atoms with Gasteiger partial charge in [0.1, 0.15) is 17.7 Å². The molecule has 1 aromatic rings. The maximum Gasteiger partial charge on any atom is 0.408 e. The molecule has 222 valence electrons. The van der Waals surface area contributed by atoms with E-state index < -0.39 is 35.6 Å². The van der Waals surface area contributed by atoms with Crippen LogP contribution in [-0.4, -0.2) is 41.1 Å². The summed E-state index contributed by atoms with van der Waals surface area (Å²) in [6.45, 7) is 13.7. The molecule has 1 unspecified atom stereocenters. The number of nitrogens with two attached hydrogens (primary N) is 1. The first kappa shape index (κ1) is 35.0. The van der Waals surface area contributed by atoms with Crippen LogP contribution in [0.15, 0.2) is 65.3 Å². The van der Waals surface area contributed by atoms with Crippen LogP contribution in [-0.2, 0) is 14.3 Å². The molecule has 0 aromatic heterocycles. The van der Waals surface area contributed by atoms with Crippen LogP contribution in [0.4, 0.5) is 4.79 Å². The van der Waals surface area contributed by atoms with Gasteiger partial charge in [-0.15, -0.1) is 0 Å². The van der Waals surface area contributed by atoms with Crippen molar-refractivity contribution in [2.45, 2.75) is 91.8 Å². The van der Waals surface area contributed by atoms with Crippen molar-refractivity contribution >= 4 is 29.7 Å². The molecule has 9 heteroatoms. The second-order valence-electron chi connectivity index (χ2n) is 11.1. The monoisotopic (exact) mass is 572 g/mol. The van der Waals surface area contributed by atoms with Crippen molar-refractivity contribution in [2.24, 2.45) is 5.84 Å². The summed E-state index contributed by atoms with van der Waals surface area (Å²) >= 11 is 1.52. The predicted molar refractivity (Wildman–Crippen MR) is 166 cm³/mol. The molecule has 0 fully saturated rings. The van der Waals surface area contributed by atoms with E-state index in [0.29, 0.717) is 17.1 Å². The van der Waals surface area contributed by atoms with Crippen molar-refractivity contribution in [1.29, 1.82) is 0 Å². The number of carbonyl (C=O) groups excluding carboxylic acids is 3.